The average molecular weight is 201 g/mol. The van der Waals surface area contributed by atoms with E-state index in [1.807, 2.05) is 0 Å². The molecule has 4 heteroatoms. The van der Waals surface area contributed by atoms with E-state index in [4.69, 9.17) is 4.74 Å². The molecule has 0 aliphatic heterocycles. The van der Waals surface area contributed by atoms with Gasteiger partial charge in [-0.3, -0.25) is 0 Å². The molecule has 14 heavy (non-hydrogen) atoms. The van der Waals surface area contributed by atoms with Crippen molar-refractivity contribution in [2.75, 3.05) is 20.2 Å². The number of hydrogen-bond acceptors (Lipinski definition) is 2. The van der Waals surface area contributed by atoms with Gasteiger partial charge >= 0.3 is 0 Å². The van der Waals surface area contributed by atoms with Gasteiger partial charge in [-0.05, 0) is 25.2 Å². The van der Waals surface area contributed by atoms with E-state index in [0.29, 0.717) is 13.2 Å². The summed E-state index contributed by atoms with van der Waals surface area (Å²) in [5, 5.41) is 2.89. The third-order valence-corrected chi connectivity index (χ3v) is 1.76. The van der Waals surface area contributed by atoms with E-state index in [1.54, 1.807) is 7.05 Å². The molecule has 78 valence electrons. The van der Waals surface area contributed by atoms with Crippen LogP contribution in [0, 0.1) is 11.6 Å². The highest BCUT2D eigenvalue weighted by atomic mass is 19.1. The minimum atomic E-state index is -0.446. The molecule has 0 bridgehead atoms. The Kier molecular flexibility index (Phi) is 4.49. The minimum Gasteiger partial charge on any atom is -0.375 e. The monoisotopic (exact) mass is 201 g/mol. The fourth-order valence-corrected chi connectivity index (χ4v) is 1.01. The van der Waals surface area contributed by atoms with Gasteiger partial charge in [-0.1, -0.05) is 0 Å². The van der Waals surface area contributed by atoms with Crippen molar-refractivity contribution < 1.29 is 13.5 Å². The van der Waals surface area contributed by atoms with Crippen LogP contribution in [0.5, 0.6) is 0 Å². The number of rotatable bonds is 5. The highest BCUT2D eigenvalue weighted by Crippen LogP contribution is 2.10. The molecule has 0 atom stereocenters. The molecule has 0 saturated carbocycles. The van der Waals surface area contributed by atoms with Crippen LogP contribution in [0.25, 0.3) is 0 Å². The number of nitrogens with one attached hydrogen (secondary N) is 1. The van der Waals surface area contributed by atoms with Crippen LogP contribution in [0.2, 0.25) is 0 Å². The van der Waals surface area contributed by atoms with Gasteiger partial charge in [-0.15, -0.1) is 0 Å². The van der Waals surface area contributed by atoms with Crippen molar-refractivity contribution in [3.63, 3.8) is 0 Å². The Morgan fingerprint density at radius 2 is 2.14 bits per heavy atom. The zero-order valence-corrected chi connectivity index (χ0v) is 8.02. The van der Waals surface area contributed by atoms with Gasteiger partial charge in [-0.2, -0.15) is 0 Å². The van der Waals surface area contributed by atoms with Crippen LogP contribution >= 0.6 is 0 Å². The molecule has 0 spiro atoms. The van der Waals surface area contributed by atoms with Gasteiger partial charge in [0.1, 0.15) is 11.6 Å². The second-order valence-corrected chi connectivity index (χ2v) is 2.89. The Morgan fingerprint density at radius 1 is 1.36 bits per heavy atom. The Bertz CT molecular complexity index is 291. The Labute approximate surface area is 81.9 Å². The summed E-state index contributed by atoms with van der Waals surface area (Å²) in [6, 6.07) is 3.34. The summed E-state index contributed by atoms with van der Waals surface area (Å²) in [7, 11) is 1.80. The summed E-state index contributed by atoms with van der Waals surface area (Å²) < 4.78 is 30.8. The minimum absolute atomic E-state index is 0.102. The van der Waals surface area contributed by atoms with E-state index in [2.05, 4.69) is 5.32 Å². The Hall–Kier alpha value is -1.00. The van der Waals surface area contributed by atoms with Crippen molar-refractivity contribution in [3.05, 3.63) is 35.4 Å². The van der Waals surface area contributed by atoms with E-state index in [1.165, 1.54) is 0 Å². The van der Waals surface area contributed by atoms with Gasteiger partial charge < -0.3 is 10.1 Å². The number of ether oxygens (including phenoxy) is 1. The first-order valence-electron chi connectivity index (χ1n) is 4.40. The number of halogens is 2. The predicted octanol–water partition coefficient (Wildman–Crippen LogP) is 1.70. The first kappa shape index (κ1) is 11.1. The van der Waals surface area contributed by atoms with Crippen molar-refractivity contribution in [3.8, 4) is 0 Å². The van der Waals surface area contributed by atoms with Crippen molar-refractivity contribution >= 4 is 0 Å². The summed E-state index contributed by atoms with van der Waals surface area (Å²) in [6.45, 7) is 1.27. The molecule has 0 heterocycles. The third-order valence-electron chi connectivity index (χ3n) is 1.76. The SMILES string of the molecule is CNCCOCc1cc(F)ccc1F. The number of benzene rings is 1. The summed E-state index contributed by atoms with van der Waals surface area (Å²) in [5.74, 6) is -0.880. The van der Waals surface area contributed by atoms with E-state index in [-0.39, 0.29) is 12.2 Å². The van der Waals surface area contributed by atoms with Crippen LogP contribution in [0.4, 0.5) is 8.78 Å². The van der Waals surface area contributed by atoms with Gasteiger partial charge in [-0.25, -0.2) is 8.78 Å². The van der Waals surface area contributed by atoms with Crippen LogP contribution < -0.4 is 5.32 Å². The molecule has 0 aliphatic rings. The molecular formula is C10H13F2NO. The molecule has 0 amide bonds. The van der Waals surface area contributed by atoms with Crippen molar-refractivity contribution in [1.82, 2.24) is 5.32 Å². The molecule has 1 N–H and O–H groups in total. The second-order valence-electron chi connectivity index (χ2n) is 2.89. The van der Waals surface area contributed by atoms with E-state index >= 15 is 0 Å². The molecule has 0 saturated heterocycles. The molecule has 1 aromatic rings. The summed E-state index contributed by atoms with van der Waals surface area (Å²) in [4.78, 5) is 0. The molecule has 0 aromatic heterocycles. The Balaban J connectivity index is 2.45. The fourth-order valence-electron chi connectivity index (χ4n) is 1.01. The van der Waals surface area contributed by atoms with Gasteiger partial charge in [0.05, 0.1) is 13.2 Å². The van der Waals surface area contributed by atoms with Crippen LogP contribution in [0.15, 0.2) is 18.2 Å². The molecule has 0 fully saturated rings. The lowest BCUT2D eigenvalue weighted by molar-refractivity contribution is 0.121. The molecule has 1 rings (SSSR count). The topological polar surface area (TPSA) is 21.3 Å². The molecule has 0 aliphatic carbocycles. The molecular weight excluding hydrogens is 188 g/mol. The lowest BCUT2D eigenvalue weighted by atomic mass is 10.2. The van der Waals surface area contributed by atoms with Crippen LogP contribution in [0.3, 0.4) is 0 Å². The van der Waals surface area contributed by atoms with E-state index < -0.39 is 11.6 Å². The normalized spacial score (nSPS) is 10.5. The first-order valence-corrected chi connectivity index (χ1v) is 4.40. The second kappa shape index (κ2) is 5.67. The van der Waals surface area contributed by atoms with Gasteiger partial charge in [0.2, 0.25) is 0 Å². The highest BCUT2D eigenvalue weighted by Gasteiger charge is 2.03. The van der Waals surface area contributed by atoms with Crippen molar-refractivity contribution in [2.45, 2.75) is 6.61 Å². The largest absolute Gasteiger partial charge is 0.375 e. The number of likely N-dealkylation sites (N-methyl/N-ethyl adjacent to an activating group) is 1. The van der Waals surface area contributed by atoms with Gasteiger partial charge in [0.25, 0.3) is 0 Å². The van der Waals surface area contributed by atoms with Crippen molar-refractivity contribution in [1.29, 1.82) is 0 Å². The molecule has 2 nitrogen and oxygen atoms in total. The maximum absolute atomic E-state index is 13.0. The zero-order valence-electron chi connectivity index (χ0n) is 8.02. The highest BCUT2D eigenvalue weighted by molar-refractivity contribution is 5.17. The summed E-state index contributed by atoms with van der Waals surface area (Å²) in [5.41, 5.74) is 0.251. The van der Waals surface area contributed by atoms with Crippen LogP contribution in [-0.2, 0) is 11.3 Å². The standard InChI is InChI=1S/C10H13F2NO/c1-13-4-5-14-7-8-6-9(11)2-3-10(8)12/h2-3,6,13H,4-5,7H2,1H3. The lowest BCUT2D eigenvalue weighted by Crippen LogP contribution is -2.14. The first-order chi connectivity index (χ1) is 6.74. The fraction of sp³-hybridized carbons (Fsp3) is 0.400. The van der Waals surface area contributed by atoms with Crippen LogP contribution in [0.1, 0.15) is 5.56 Å². The van der Waals surface area contributed by atoms with E-state index in [0.717, 1.165) is 18.2 Å². The number of hydrogen-bond donors (Lipinski definition) is 1. The van der Waals surface area contributed by atoms with Crippen LogP contribution in [-0.4, -0.2) is 20.2 Å². The van der Waals surface area contributed by atoms with Crippen molar-refractivity contribution in [2.24, 2.45) is 0 Å². The third kappa shape index (κ3) is 3.40. The summed E-state index contributed by atoms with van der Waals surface area (Å²) >= 11 is 0. The van der Waals surface area contributed by atoms with Gasteiger partial charge in [0, 0.05) is 12.1 Å². The maximum Gasteiger partial charge on any atom is 0.128 e. The quantitative estimate of drug-likeness (QED) is 0.732. The zero-order chi connectivity index (χ0) is 10.4. The molecule has 1 aromatic carbocycles. The van der Waals surface area contributed by atoms with E-state index in [9.17, 15) is 8.78 Å². The van der Waals surface area contributed by atoms with Gasteiger partial charge in [0.15, 0.2) is 0 Å². The predicted molar refractivity (Wildman–Crippen MR) is 49.9 cm³/mol. The average Bonchev–Trinajstić information content (AvgIpc) is 2.18. The molecule has 0 radical (unpaired) electrons. The Morgan fingerprint density at radius 3 is 2.86 bits per heavy atom. The summed E-state index contributed by atoms with van der Waals surface area (Å²) in [6.07, 6.45) is 0. The lowest BCUT2D eigenvalue weighted by Gasteiger charge is -2.05. The smallest absolute Gasteiger partial charge is 0.128 e. The molecule has 0 unspecified atom stereocenters. The maximum atomic E-state index is 13.0.